The Morgan fingerprint density at radius 2 is 2.07 bits per heavy atom. The van der Waals surface area contributed by atoms with Crippen LogP contribution < -0.4 is 0 Å². The van der Waals surface area contributed by atoms with Crippen LogP contribution in [0.25, 0.3) is 0 Å². The largest absolute Gasteiger partial charge is 0.466 e. The highest BCUT2D eigenvalue weighted by Crippen LogP contribution is 2.27. The molecule has 1 unspecified atom stereocenters. The number of halogens is 1. The van der Waals surface area contributed by atoms with E-state index in [2.05, 4.69) is 22.6 Å². The van der Waals surface area contributed by atoms with Gasteiger partial charge in [-0.05, 0) is 47.2 Å². The lowest BCUT2D eigenvalue weighted by molar-refractivity contribution is 0.188. The first kappa shape index (κ1) is 10.7. The van der Waals surface area contributed by atoms with Crippen molar-refractivity contribution in [3.8, 4) is 0 Å². The average Bonchev–Trinajstić information content (AvgIpc) is 2.74. The summed E-state index contributed by atoms with van der Waals surface area (Å²) in [4.78, 5) is 0. The second kappa shape index (κ2) is 4.37. The van der Waals surface area contributed by atoms with Crippen LogP contribution in [0.5, 0.6) is 0 Å². The number of hydrogen-bond donors (Lipinski definition) is 1. The number of rotatable bonds is 2. The lowest BCUT2D eigenvalue weighted by atomic mass is 10.1. The molecule has 2 rings (SSSR count). The van der Waals surface area contributed by atoms with Crippen molar-refractivity contribution in [1.82, 2.24) is 0 Å². The van der Waals surface area contributed by atoms with Crippen LogP contribution >= 0.6 is 22.6 Å². The number of aliphatic hydroxyl groups excluding tert-OH is 1. The molecule has 0 aliphatic heterocycles. The molecule has 1 atom stereocenters. The molecule has 1 N–H and O–H groups in total. The predicted molar refractivity (Wildman–Crippen MR) is 66.7 cm³/mol. The maximum absolute atomic E-state index is 10.1. The summed E-state index contributed by atoms with van der Waals surface area (Å²) in [6, 6.07) is 9.45. The average molecular weight is 314 g/mol. The van der Waals surface area contributed by atoms with Crippen LogP contribution in [0.15, 0.2) is 41.0 Å². The molecule has 3 heteroatoms. The Morgan fingerprint density at radius 1 is 1.27 bits per heavy atom. The minimum Gasteiger partial charge on any atom is -0.466 e. The molecule has 2 aromatic rings. The van der Waals surface area contributed by atoms with Gasteiger partial charge in [0.25, 0.3) is 0 Å². The van der Waals surface area contributed by atoms with Gasteiger partial charge in [0, 0.05) is 9.13 Å². The van der Waals surface area contributed by atoms with Crippen LogP contribution in [0.2, 0.25) is 0 Å². The van der Waals surface area contributed by atoms with Gasteiger partial charge in [-0.25, -0.2) is 0 Å². The van der Waals surface area contributed by atoms with Gasteiger partial charge in [0.2, 0.25) is 0 Å². The molecule has 0 saturated carbocycles. The van der Waals surface area contributed by atoms with Crippen molar-refractivity contribution < 1.29 is 9.52 Å². The van der Waals surface area contributed by atoms with E-state index in [0.717, 1.165) is 9.13 Å². The van der Waals surface area contributed by atoms with Gasteiger partial charge < -0.3 is 9.52 Å². The van der Waals surface area contributed by atoms with E-state index in [1.165, 1.54) is 5.56 Å². The molecule has 1 heterocycles. The fourth-order valence-corrected chi connectivity index (χ4v) is 2.14. The smallest absolute Gasteiger partial charge is 0.138 e. The topological polar surface area (TPSA) is 33.4 Å². The zero-order valence-corrected chi connectivity index (χ0v) is 10.4. The monoisotopic (exact) mass is 314 g/mol. The number of aliphatic hydroxyl groups is 1. The Morgan fingerprint density at radius 3 is 2.73 bits per heavy atom. The van der Waals surface area contributed by atoms with Crippen LogP contribution in [0.3, 0.4) is 0 Å². The summed E-state index contributed by atoms with van der Waals surface area (Å²) >= 11 is 2.24. The first-order chi connectivity index (χ1) is 7.20. The van der Waals surface area contributed by atoms with Gasteiger partial charge >= 0.3 is 0 Å². The summed E-state index contributed by atoms with van der Waals surface area (Å²) in [5.74, 6) is 0.582. The van der Waals surface area contributed by atoms with E-state index in [9.17, 15) is 5.11 Å². The molecular formula is C12H11IO2. The zero-order chi connectivity index (χ0) is 10.8. The predicted octanol–water partition coefficient (Wildman–Crippen LogP) is 3.27. The Balaban J connectivity index is 2.42. The van der Waals surface area contributed by atoms with Gasteiger partial charge in [-0.2, -0.15) is 0 Å². The van der Waals surface area contributed by atoms with Gasteiger partial charge in [0.15, 0.2) is 0 Å². The Hall–Kier alpha value is -0.810. The van der Waals surface area contributed by atoms with Crippen LogP contribution in [0.1, 0.15) is 23.0 Å². The number of aryl methyl sites for hydroxylation is 1. The molecule has 0 fully saturated rings. The molecule has 78 valence electrons. The van der Waals surface area contributed by atoms with E-state index in [-0.39, 0.29) is 0 Å². The molecule has 1 aromatic carbocycles. The van der Waals surface area contributed by atoms with Gasteiger partial charge in [-0.15, -0.1) is 0 Å². The summed E-state index contributed by atoms with van der Waals surface area (Å²) in [5, 5.41) is 10.1. The fourth-order valence-electron chi connectivity index (χ4n) is 1.48. The van der Waals surface area contributed by atoms with Crippen molar-refractivity contribution in [3.05, 3.63) is 57.1 Å². The molecule has 15 heavy (non-hydrogen) atoms. The van der Waals surface area contributed by atoms with Crippen molar-refractivity contribution in [2.75, 3.05) is 0 Å². The molecule has 0 amide bonds. The molecule has 0 saturated heterocycles. The molecule has 0 aliphatic carbocycles. The molecular weight excluding hydrogens is 303 g/mol. The highest BCUT2D eigenvalue weighted by Gasteiger charge is 2.16. The van der Waals surface area contributed by atoms with Crippen LogP contribution in [0, 0.1) is 10.5 Å². The quantitative estimate of drug-likeness (QED) is 0.863. The number of furan rings is 1. The summed E-state index contributed by atoms with van der Waals surface area (Å²) in [7, 11) is 0. The third-order valence-electron chi connectivity index (χ3n) is 2.33. The zero-order valence-electron chi connectivity index (χ0n) is 8.27. The molecule has 0 radical (unpaired) electrons. The van der Waals surface area contributed by atoms with Crippen molar-refractivity contribution in [1.29, 1.82) is 0 Å². The van der Waals surface area contributed by atoms with E-state index < -0.39 is 6.10 Å². The van der Waals surface area contributed by atoms with E-state index in [1.54, 1.807) is 18.4 Å². The summed E-state index contributed by atoms with van der Waals surface area (Å²) in [5.41, 5.74) is 2.06. The highest BCUT2D eigenvalue weighted by atomic mass is 127. The first-order valence-electron chi connectivity index (χ1n) is 4.66. The minimum absolute atomic E-state index is 0.582. The van der Waals surface area contributed by atoms with E-state index in [4.69, 9.17) is 4.42 Å². The van der Waals surface area contributed by atoms with Crippen LogP contribution in [0.4, 0.5) is 0 Å². The molecule has 2 nitrogen and oxygen atoms in total. The fraction of sp³-hybridized carbons (Fsp3) is 0.167. The first-order valence-corrected chi connectivity index (χ1v) is 5.74. The Labute approximate surface area is 102 Å². The van der Waals surface area contributed by atoms with Crippen molar-refractivity contribution in [2.45, 2.75) is 13.0 Å². The summed E-state index contributed by atoms with van der Waals surface area (Å²) < 4.78 is 6.27. The Kier molecular flexibility index (Phi) is 3.11. The standard InChI is InChI=1S/C12H11IO2/c1-8-4-2-5-9(11(8)13)12(14)10-6-3-7-15-10/h2-7,12,14H,1H3. The minimum atomic E-state index is -0.674. The maximum atomic E-state index is 10.1. The second-order valence-electron chi connectivity index (χ2n) is 3.40. The van der Waals surface area contributed by atoms with Gasteiger partial charge in [-0.1, -0.05) is 18.2 Å². The van der Waals surface area contributed by atoms with Crippen LogP contribution in [-0.2, 0) is 0 Å². The van der Waals surface area contributed by atoms with Crippen LogP contribution in [-0.4, -0.2) is 5.11 Å². The van der Waals surface area contributed by atoms with Gasteiger partial charge in [0.1, 0.15) is 11.9 Å². The van der Waals surface area contributed by atoms with E-state index in [0.29, 0.717) is 5.76 Å². The molecule has 0 bridgehead atoms. The molecule has 0 spiro atoms. The number of hydrogen-bond acceptors (Lipinski definition) is 2. The van der Waals surface area contributed by atoms with Gasteiger partial charge in [-0.3, -0.25) is 0 Å². The maximum Gasteiger partial charge on any atom is 0.138 e. The summed E-state index contributed by atoms with van der Waals surface area (Å²) in [6.45, 7) is 2.03. The molecule has 1 aromatic heterocycles. The van der Waals surface area contributed by atoms with Crippen molar-refractivity contribution in [3.63, 3.8) is 0 Å². The third kappa shape index (κ3) is 2.08. The normalized spacial score (nSPS) is 12.7. The lowest BCUT2D eigenvalue weighted by Gasteiger charge is -2.11. The van der Waals surface area contributed by atoms with Crippen molar-refractivity contribution >= 4 is 22.6 Å². The lowest BCUT2D eigenvalue weighted by Crippen LogP contribution is -2.01. The van der Waals surface area contributed by atoms with Crippen molar-refractivity contribution in [2.24, 2.45) is 0 Å². The Bertz CT molecular complexity index is 449. The second-order valence-corrected chi connectivity index (χ2v) is 4.47. The SMILES string of the molecule is Cc1cccc(C(O)c2ccco2)c1I. The third-order valence-corrected chi connectivity index (χ3v) is 3.80. The number of benzene rings is 1. The van der Waals surface area contributed by atoms with E-state index >= 15 is 0 Å². The molecule has 0 aliphatic rings. The highest BCUT2D eigenvalue weighted by molar-refractivity contribution is 14.1. The van der Waals surface area contributed by atoms with E-state index in [1.807, 2.05) is 25.1 Å². The summed E-state index contributed by atoms with van der Waals surface area (Å²) in [6.07, 6.45) is 0.896. The van der Waals surface area contributed by atoms with Gasteiger partial charge in [0.05, 0.1) is 6.26 Å².